The standard InChI is InChI=1S/C23H24O6.C21H25NO.H2O4S/c1-11(2)16-8-14-15(28-16)6-5-12-22(24)21-13-7-18(25-3)19(26-4)9-17(13)27-10-20(21)29-23(12)14;1-22-18-12-13-19(22)15-20(14-18)23-21(16-8-4-2-5-9-16)17-10-6-3-7-11-17;1-5(2,3)4/h5-7,9,11,16,20-21H,8,10H2,1-4H3;2-11,18-21H,12-15H2,1H3;(H2,1,2,3,4). The highest BCUT2D eigenvalue weighted by Gasteiger charge is 2.46. The van der Waals surface area contributed by atoms with Gasteiger partial charge in [-0.2, -0.15) is 8.42 Å². The summed E-state index contributed by atoms with van der Waals surface area (Å²) in [6.45, 7) is 4.58. The highest BCUT2D eigenvalue weighted by Crippen LogP contribution is 2.50. The van der Waals surface area contributed by atoms with Crippen LogP contribution in [0.15, 0.2) is 84.9 Å². The summed E-state index contributed by atoms with van der Waals surface area (Å²) in [6, 6.07) is 30.0. The van der Waals surface area contributed by atoms with Crippen LogP contribution in [-0.4, -0.2) is 86.5 Å². The summed E-state index contributed by atoms with van der Waals surface area (Å²) in [5, 5.41) is 0. The molecule has 0 radical (unpaired) electrons. The minimum Gasteiger partial charge on any atom is -0.493 e. The zero-order valence-electron chi connectivity index (χ0n) is 32.9. The van der Waals surface area contributed by atoms with E-state index in [4.69, 9.17) is 45.9 Å². The average molecular weight is 802 g/mol. The van der Waals surface area contributed by atoms with Crippen LogP contribution >= 0.6 is 0 Å². The van der Waals surface area contributed by atoms with E-state index in [1.807, 2.05) is 18.2 Å². The Labute approximate surface area is 334 Å². The number of carbonyl (C=O) groups is 1. The second kappa shape index (κ2) is 17.1. The number of rotatable bonds is 7. The predicted molar refractivity (Wildman–Crippen MR) is 214 cm³/mol. The molecule has 2 N–H and O–H groups in total. The molecule has 2 bridgehead atoms. The molecule has 4 aromatic rings. The van der Waals surface area contributed by atoms with E-state index in [1.165, 1.54) is 36.8 Å². The van der Waals surface area contributed by atoms with E-state index in [-0.39, 0.29) is 24.1 Å². The summed E-state index contributed by atoms with van der Waals surface area (Å²) in [4.78, 5) is 16.1. The Hall–Kier alpha value is -4.66. The molecular weight excluding hydrogens is 751 g/mol. The summed E-state index contributed by atoms with van der Waals surface area (Å²) < 4.78 is 67.4. The molecule has 304 valence electrons. The number of ether oxygens (including phenoxy) is 6. The first-order chi connectivity index (χ1) is 27.3. The van der Waals surface area contributed by atoms with Gasteiger partial charge < -0.3 is 33.3 Å². The molecule has 5 aliphatic heterocycles. The maximum absolute atomic E-state index is 13.5. The van der Waals surface area contributed by atoms with Crippen LogP contribution in [0, 0.1) is 5.92 Å². The number of nitrogens with zero attached hydrogens (tertiary/aromatic N) is 1. The van der Waals surface area contributed by atoms with Crippen LogP contribution in [0.3, 0.4) is 0 Å². The molecule has 0 saturated carbocycles. The average Bonchev–Trinajstić information content (AvgIpc) is 3.72. The van der Waals surface area contributed by atoms with Crippen molar-refractivity contribution < 1.29 is 50.7 Å². The van der Waals surface area contributed by atoms with Gasteiger partial charge in [0.05, 0.1) is 31.8 Å². The van der Waals surface area contributed by atoms with Gasteiger partial charge in [0.1, 0.15) is 42.2 Å². The minimum absolute atomic E-state index is 0.0452. The molecule has 57 heavy (non-hydrogen) atoms. The van der Waals surface area contributed by atoms with E-state index in [2.05, 4.69) is 86.5 Å². The van der Waals surface area contributed by atoms with Crippen molar-refractivity contribution in [1.29, 1.82) is 0 Å². The molecule has 0 amide bonds. The fourth-order valence-corrected chi connectivity index (χ4v) is 8.73. The van der Waals surface area contributed by atoms with Gasteiger partial charge in [-0.15, -0.1) is 0 Å². The molecular formula is C44H51NO11S. The van der Waals surface area contributed by atoms with Gasteiger partial charge in [0.25, 0.3) is 0 Å². The number of methoxy groups -OCH3 is 2. The van der Waals surface area contributed by atoms with Crippen molar-refractivity contribution in [3.05, 3.63) is 113 Å². The Morgan fingerprint density at radius 3 is 1.95 bits per heavy atom. The van der Waals surface area contributed by atoms with Gasteiger partial charge in [0, 0.05) is 35.7 Å². The zero-order valence-corrected chi connectivity index (χ0v) is 33.7. The molecule has 0 aliphatic carbocycles. The van der Waals surface area contributed by atoms with E-state index in [0.29, 0.717) is 59.3 Å². The summed E-state index contributed by atoms with van der Waals surface area (Å²) in [7, 11) is 0.771. The molecule has 2 saturated heterocycles. The van der Waals surface area contributed by atoms with E-state index < -0.39 is 16.3 Å². The Balaban J connectivity index is 0.000000159. The topological polar surface area (TPSA) is 150 Å². The molecule has 2 fully saturated rings. The van der Waals surface area contributed by atoms with Crippen LogP contribution in [0.4, 0.5) is 0 Å². The number of fused-ring (bicyclic) bond motifs is 8. The van der Waals surface area contributed by atoms with Gasteiger partial charge in [-0.3, -0.25) is 13.9 Å². The fraction of sp³-hybridized carbons (Fsp3) is 0.432. The van der Waals surface area contributed by atoms with Crippen molar-refractivity contribution >= 4 is 16.2 Å². The molecule has 9 rings (SSSR count). The van der Waals surface area contributed by atoms with E-state index in [0.717, 1.165) is 23.3 Å². The monoisotopic (exact) mass is 801 g/mol. The summed E-state index contributed by atoms with van der Waals surface area (Å²) in [5.74, 6) is 3.24. The molecule has 12 nitrogen and oxygen atoms in total. The van der Waals surface area contributed by atoms with Gasteiger partial charge in [-0.25, -0.2) is 0 Å². The van der Waals surface area contributed by atoms with Crippen LogP contribution < -0.4 is 23.7 Å². The Morgan fingerprint density at radius 1 is 0.807 bits per heavy atom. The van der Waals surface area contributed by atoms with Crippen molar-refractivity contribution in [2.45, 2.75) is 88.4 Å². The lowest BCUT2D eigenvalue weighted by Gasteiger charge is -2.38. The summed E-state index contributed by atoms with van der Waals surface area (Å²) in [5.41, 5.74) is 4.88. The quantitative estimate of drug-likeness (QED) is 0.178. The first kappa shape index (κ1) is 40.5. The molecule has 5 heterocycles. The zero-order chi connectivity index (χ0) is 40.4. The van der Waals surface area contributed by atoms with Crippen molar-refractivity contribution in [3.8, 4) is 28.7 Å². The second-order valence-corrected chi connectivity index (χ2v) is 16.4. The highest BCUT2D eigenvalue weighted by molar-refractivity contribution is 7.79. The lowest BCUT2D eigenvalue weighted by Crippen LogP contribution is -2.43. The van der Waals surface area contributed by atoms with Crippen molar-refractivity contribution in [3.63, 3.8) is 0 Å². The second-order valence-electron chi connectivity index (χ2n) is 15.5. The smallest absolute Gasteiger partial charge is 0.394 e. The maximum Gasteiger partial charge on any atom is 0.394 e. The Morgan fingerprint density at radius 2 is 1.39 bits per heavy atom. The molecule has 0 spiro atoms. The van der Waals surface area contributed by atoms with Crippen LogP contribution in [0.2, 0.25) is 0 Å². The summed E-state index contributed by atoms with van der Waals surface area (Å²) >= 11 is 0. The third-order valence-corrected chi connectivity index (χ3v) is 11.7. The number of Topliss-reactive ketones (excluding diaryl/α,β-unsaturated/α-hetero) is 1. The number of carbonyl (C=O) groups excluding carboxylic acids is 1. The van der Waals surface area contributed by atoms with Crippen LogP contribution in [0.25, 0.3) is 0 Å². The van der Waals surface area contributed by atoms with Gasteiger partial charge in [-0.05, 0) is 68.0 Å². The van der Waals surface area contributed by atoms with Crippen molar-refractivity contribution in [2.24, 2.45) is 5.92 Å². The van der Waals surface area contributed by atoms with Gasteiger partial charge >= 0.3 is 10.4 Å². The predicted octanol–water partition coefficient (Wildman–Crippen LogP) is 7.55. The van der Waals surface area contributed by atoms with Crippen molar-refractivity contribution in [1.82, 2.24) is 4.90 Å². The SMILES string of the molecule is CN1C2CCC1CC(OC(c1ccccc1)c1ccccc1)C2.COc1cc2c(cc1OC)C1C(=O)c3ccc4c(c3OC1CO2)CC(C(C)C)O4.O=S(=O)(O)O. The lowest BCUT2D eigenvalue weighted by molar-refractivity contribution is -0.0426. The number of hydrogen-bond donors (Lipinski definition) is 2. The number of piperidine rings is 1. The normalized spacial score (nSPS) is 24.2. The van der Waals surface area contributed by atoms with E-state index >= 15 is 0 Å². The number of hydrogen-bond acceptors (Lipinski definition) is 10. The lowest BCUT2D eigenvalue weighted by atomic mass is 9.81. The Bertz CT molecular complexity index is 2080. The molecule has 4 aromatic carbocycles. The molecule has 13 heteroatoms. The van der Waals surface area contributed by atoms with Crippen LogP contribution in [0.5, 0.6) is 28.7 Å². The van der Waals surface area contributed by atoms with Gasteiger partial charge in [0.15, 0.2) is 17.3 Å². The first-order valence-electron chi connectivity index (χ1n) is 19.4. The first-order valence-corrected chi connectivity index (χ1v) is 20.8. The highest BCUT2D eigenvalue weighted by atomic mass is 32.3. The van der Waals surface area contributed by atoms with Crippen molar-refractivity contribution in [2.75, 3.05) is 27.9 Å². The molecule has 5 atom stereocenters. The Kier molecular flexibility index (Phi) is 12.1. The number of ketones is 1. The third kappa shape index (κ3) is 8.92. The largest absolute Gasteiger partial charge is 0.493 e. The van der Waals surface area contributed by atoms with Gasteiger partial charge in [-0.1, -0.05) is 74.5 Å². The third-order valence-electron chi connectivity index (χ3n) is 11.7. The summed E-state index contributed by atoms with van der Waals surface area (Å²) in [6.07, 6.45) is 5.90. The number of benzene rings is 4. The molecule has 5 unspecified atom stereocenters. The maximum atomic E-state index is 13.5. The van der Waals surface area contributed by atoms with E-state index in [9.17, 15) is 4.79 Å². The van der Waals surface area contributed by atoms with Crippen LogP contribution in [-0.2, 0) is 21.6 Å². The minimum atomic E-state index is -4.67. The molecule has 5 aliphatic rings. The van der Waals surface area contributed by atoms with Gasteiger partial charge in [0.2, 0.25) is 0 Å². The van der Waals surface area contributed by atoms with Crippen LogP contribution in [0.1, 0.15) is 84.2 Å². The molecule has 0 aromatic heterocycles. The van der Waals surface area contributed by atoms with E-state index in [1.54, 1.807) is 20.3 Å². The fourth-order valence-electron chi connectivity index (χ4n) is 8.73.